The Morgan fingerprint density at radius 3 is 2.43 bits per heavy atom. The van der Waals surface area contributed by atoms with Crippen molar-refractivity contribution in [3.8, 4) is 5.75 Å². The van der Waals surface area contributed by atoms with Gasteiger partial charge in [0.1, 0.15) is 5.75 Å². The van der Waals surface area contributed by atoms with Gasteiger partial charge in [-0.25, -0.2) is 0 Å². The van der Waals surface area contributed by atoms with Crippen molar-refractivity contribution in [2.45, 2.75) is 6.92 Å². The number of primary amides is 1. The predicted octanol–water partition coefficient (Wildman–Crippen LogP) is 2.22. The fourth-order valence-electron chi connectivity index (χ4n) is 3.11. The summed E-state index contributed by atoms with van der Waals surface area (Å²) in [5.41, 5.74) is 8.39. The van der Waals surface area contributed by atoms with Crippen molar-refractivity contribution in [1.82, 2.24) is 4.90 Å². The zero-order chi connectivity index (χ0) is 19.9. The van der Waals surface area contributed by atoms with Crippen molar-refractivity contribution in [3.63, 3.8) is 0 Å². The second kappa shape index (κ2) is 9.08. The van der Waals surface area contributed by atoms with Crippen molar-refractivity contribution in [2.75, 3.05) is 37.7 Å². The second-order valence-corrected chi connectivity index (χ2v) is 6.81. The molecule has 0 aliphatic carbocycles. The topological polar surface area (TPSA) is 75.9 Å². The lowest BCUT2D eigenvalue weighted by Crippen LogP contribution is -2.48. The average molecular weight is 379 g/mol. The molecule has 6 heteroatoms. The molecule has 0 unspecified atom stereocenters. The minimum Gasteiger partial charge on any atom is -0.484 e. The minimum atomic E-state index is -0.517. The molecular formula is C22H25N3O3. The van der Waals surface area contributed by atoms with Crippen molar-refractivity contribution in [1.29, 1.82) is 0 Å². The van der Waals surface area contributed by atoms with Gasteiger partial charge in [0, 0.05) is 37.9 Å². The molecule has 0 spiro atoms. The van der Waals surface area contributed by atoms with Gasteiger partial charge in [-0.2, -0.15) is 0 Å². The summed E-state index contributed by atoms with van der Waals surface area (Å²) in [5, 5.41) is 0. The van der Waals surface area contributed by atoms with Crippen LogP contribution in [0.4, 0.5) is 5.69 Å². The van der Waals surface area contributed by atoms with Crippen LogP contribution in [0.2, 0.25) is 0 Å². The van der Waals surface area contributed by atoms with Gasteiger partial charge in [-0.15, -0.1) is 0 Å². The van der Waals surface area contributed by atoms with Crippen molar-refractivity contribution in [2.24, 2.45) is 5.73 Å². The standard InChI is InChI=1S/C22H25N3O3/c1-17-3-2-4-19(15-17)24-11-13-25(14-12-24)22(27)10-7-18-5-8-20(9-6-18)28-16-21(23)26/h2-10,15H,11-14,16H2,1H3,(H2,23,26)/b10-7+. The fraction of sp³-hybridized carbons (Fsp3) is 0.273. The first-order chi connectivity index (χ1) is 13.5. The quantitative estimate of drug-likeness (QED) is 0.781. The molecule has 146 valence electrons. The molecule has 2 N–H and O–H groups in total. The molecule has 28 heavy (non-hydrogen) atoms. The molecule has 6 nitrogen and oxygen atoms in total. The summed E-state index contributed by atoms with van der Waals surface area (Å²) in [6.07, 6.45) is 3.38. The molecule has 3 rings (SSSR count). The Labute approximate surface area is 165 Å². The summed E-state index contributed by atoms with van der Waals surface area (Å²) in [5.74, 6) is 0.0598. The summed E-state index contributed by atoms with van der Waals surface area (Å²) >= 11 is 0. The predicted molar refractivity (Wildman–Crippen MR) is 110 cm³/mol. The highest BCUT2D eigenvalue weighted by molar-refractivity contribution is 5.92. The number of aryl methyl sites for hydroxylation is 1. The summed E-state index contributed by atoms with van der Waals surface area (Å²) in [7, 11) is 0. The van der Waals surface area contributed by atoms with Gasteiger partial charge in [-0.1, -0.05) is 24.3 Å². The summed E-state index contributed by atoms with van der Waals surface area (Å²) < 4.78 is 5.22. The van der Waals surface area contributed by atoms with E-state index in [1.165, 1.54) is 11.3 Å². The fourth-order valence-corrected chi connectivity index (χ4v) is 3.11. The van der Waals surface area contributed by atoms with Gasteiger partial charge in [-0.3, -0.25) is 9.59 Å². The Bertz CT molecular complexity index is 854. The molecule has 0 saturated carbocycles. The molecule has 0 bridgehead atoms. The third-order valence-corrected chi connectivity index (χ3v) is 4.64. The van der Waals surface area contributed by atoms with E-state index in [0.717, 1.165) is 18.7 Å². The van der Waals surface area contributed by atoms with E-state index in [9.17, 15) is 9.59 Å². The van der Waals surface area contributed by atoms with Gasteiger partial charge in [0.15, 0.2) is 6.61 Å². The lowest BCUT2D eigenvalue weighted by Gasteiger charge is -2.35. The molecule has 1 heterocycles. The number of benzene rings is 2. The van der Waals surface area contributed by atoms with Crippen molar-refractivity contribution in [3.05, 3.63) is 65.7 Å². The van der Waals surface area contributed by atoms with Crippen molar-refractivity contribution < 1.29 is 14.3 Å². The third-order valence-electron chi connectivity index (χ3n) is 4.64. The van der Waals surface area contributed by atoms with Crippen LogP contribution in [-0.2, 0) is 9.59 Å². The molecule has 1 aliphatic rings. The van der Waals surface area contributed by atoms with Crippen LogP contribution >= 0.6 is 0 Å². The van der Waals surface area contributed by atoms with Crippen LogP contribution in [0.1, 0.15) is 11.1 Å². The number of carbonyl (C=O) groups excluding carboxylic acids is 2. The highest BCUT2D eigenvalue weighted by atomic mass is 16.5. The first-order valence-corrected chi connectivity index (χ1v) is 9.31. The molecule has 0 atom stereocenters. The number of carbonyl (C=O) groups is 2. The molecule has 2 amide bonds. The number of nitrogens with two attached hydrogens (primary N) is 1. The van der Waals surface area contributed by atoms with Crippen LogP contribution in [-0.4, -0.2) is 49.5 Å². The minimum absolute atomic E-state index is 0.0120. The van der Waals surface area contributed by atoms with Crippen LogP contribution in [0.25, 0.3) is 6.08 Å². The summed E-state index contributed by atoms with van der Waals surface area (Å²) in [6, 6.07) is 15.6. The summed E-state index contributed by atoms with van der Waals surface area (Å²) in [6.45, 7) is 5.00. The van der Waals surface area contributed by atoms with Gasteiger partial charge in [-0.05, 0) is 48.4 Å². The van der Waals surface area contributed by atoms with Gasteiger partial charge in [0.2, 0.25) is 5.91 Å². The molecule has 2 aromatic rings. The lowest BCUT2D eigenvalue weighted by atomic mass is 10.2. The smallest absolute Gasteiger partial charge is 0.255 e. The second-order valence-electron chi connectivity index (χ2n) is 6.81. The molecular weight excluding hydrogens is 354 g/mol. The number of hydrogen-bond donors (Lipinski definition) is 1. The molecule has 1 saturated heterocycles. The van der Waals surface area contributed by atoms with Gasteiger partial charge in [0.25, 0.3) is 5.91 Å². The Kier molecular flexibility index (Phi) is 6.32. The number of anilines is 1. The van der Waals surface area contributed by atoms with E-state index in [2.05, 4.69) is 36.1 Å². The average Bonchev–Trinajstić information content (AvgIpc) is 2.71. The highest BCUT2D eigenvalue weighted by Crippen LogP contribution is 2.18. The van der Waals surface area contributed by atoms with Crippen molar-refractivity contribution >= 4 is 23.6 Å². The monoisotopic (exact) mass is 379 g/mol. The van der Waals surface area contributed by atoms with E-state index in [0.29, 0.717) is 18.8 Å². The number of piperazine rings is 1. The molecule has 1 aliphatic heterocycles. The van der Waals surface area contributed by atoms with Crippen LogP contribution in [0.5, 0.6) is 5.75 Å². The maximum absolute atomic E-state index is 12.5. The van der Waals surface area contributed by atoms with Crippen LogP contribution in [0.15, 0.2) is 54.6 Å². The maximum atomic E-state index is 12.5. The number of hydrogen-bond acceptors (Lipinski definition) is 4. The largest absolute Gasteiger partial charge is 0.484 e. The maximum Gasteiger partial charge on any atom is 0.255 e. The van der Waals surface area contributed by atoms with Crippen LogP contribution in [0.3, 0.4) is 0 Å². The van der Waals surface area contributed by atoms with E-state index in [4.69, 9.17) is 10.5 Å². The van der Waals surface area contributed by atoms with Crippen LogP contribution in [0, 0.1) is 6.92 Å². The Morgan fingerprint density at radius 1 is 1.07 bits per heavy atom. The number of rotatable bonds is 6. The Balaban J connectivity index is 1.50. The first-order valence-electron chi connectivity index (χ1n) is 9.31. The Morgan fingerprint density at radius 2 is 1.79 bits per heavy atom. The van der Waals surface area contributed by atoms with Crippen LogP contribution < -0.4 is 15.4 Å². The molecule has 2 aromatic carbocycles. The van der Waals surface area contributed by atoms with E-state index >= 15 is 0 Å². The van der Waals surface area contributed by atoms with Gasteiger partial charge >= 0.3 is 0 Å². The van der Waals surface area contributed by atoms with E-state index in [-0.39, 0.29) is 12.5 Å². The number of nitrogens with zero attached hydrogens (tertiary/aromatic N) is 2. The molecule has 0 aromatic heterocycles. The molecule has 1 fully saturated rings. The highest BCUT2D eigenvalue weighted by Gasteiger charge is 2.19. The van der Waals surface area contributed by atoms with Gasteiger partial charge < -0.3 is 20.3 Å². The van der Waals surface area contributed by atoms with E-state index in [1.807, 2.05) is 17.0 Å². The molecule has 0 radical (unpaired) electrons. The summed E-state index contributed by atoms with van der Waals surface area (Å²) in [4.78, 5) is 27.4. The normalized spacial score (nSPS) is 14.3. The SMILES string of the molecule is Cc1cccc(N2CCN(C(=O)/C=C/c3ccc(OCC(N)=O)cc3)CC2)c1. The lowest BCUT2D eigenvalue weighted by molar-refractivity contribution is -0.126. The number of ether oxygens (including phenoxy) is 1. The van der Waals surface area contributed by atoms with E-state index < -0.39 is 5.91 Å². The Hall–Kier alpha value is -3.28. The first kappa shape index (κ1) is 19.5. The third kappa shape index (κ3) is 5.36. The number of amides is 2. The van der Waals surface area contributed by atoms with Gasteiger partial charge in [0.05, 0.1) is 0 Å². The van der Waals surface area contributed by atoms with E-state index in [1.54, 1.807) is 24.3 Å². The zero-order valence-electron chi connectivity index (χ0n) is 16.0. The zero-order valence-corrected chi connectivity index (χ0v) is 16.0.